The van der Waals surface area contributed by atoms with Gasteiger partial charge in [-0.15, -0.1) is 0 Å². The van der Waals surface area contributed by atoms with Crippen molar-refractivity contribution in [1.29, 1.82) is 0 Å². The number of hydrogen-bond acceptors (Lipinski definition) is 3. The predicted octanol–water partition coefficient (Wildman–Crippen LogP) is -0.102. The lowest BCUT2D eigenvalue weighted by molar-refractivity contribution is -0.162. The van der Waals surface area contributed by atoms with Crippen LogP contribution in [0.2, 0.25) is 0 Å². The van der Waals surface area contributed by atoms with Crippen LogP contribution in [0.25, 0.3) is 0 Å². The summed E-state index contributed by atoms with van der Waals surface area (Å²) in [7, 11) is 2.04. The number of alkyl halides is 2. The number of piperazine rings is 1. The molecule has 0 aromatic rings. The number of carbonyl (C=O) groups is 1. The Hall–Kier alpha value is -0.750. The number of likely N-dealkylation sites (N-methyl/N-ethyl adjacent to an activating group) is 1. The molecule has 4 nitrogen and oxygen atoms in total. The zero-order valence-corrected chi connectivity index (χ0v) is 10.3. The lowest BCUT2D eigenvalue weighted by atomic mass is 9.81. The molecular formula is C12H17F2N3O. The van der Waals surface area contributed by atoms with Crippen molar-refractivity contribution >= 4 is 5.91 Å². The second-order valence-corrected chi connectivity index (χ2v) is 6.36. The van der Waals surface area contributed by atoms with E-state index in [-0.39, 0.29) is 24.4 Å². The molecule has 4 unspecified atom stereocenters. The summed E-state index contributed by atoms with van der Waals surface area (Å²) in [5.41, 5.74) is -1.04. The Balaban J connectivity index is 1.49. The molecule has 1 aliphatic carbocycles. The molecule has 6 heteroatoms. The van der Waals surface area contributed by atoms with Crippen LogP contribution < -0.4 is 5.32 Å². The van der Waals surface area contributed by atoms with E-state index in [2.05, 4.69) is 10.2 Å². The highest BCUT2D eigenvalue weighted by Gasteiger charge is 2.80. The summed E-state index contributed by atoms with van der Waals surface area (Å²) < 4.78 is 26.7. The average molecular weight is 257 g/mol. The standard InChI is InChI=1S/C12H17F2N3O/c1-16-3-7-2-8(4-16)17(7)10(18)9-11(6-15-9)5-12(11,13)14/h7-9,15H,2-6H2,1H3. The van der Waals surface area contributed by atoms with Gasteiger partial charge in [-0.05, 0) is 13.5 Å². The van der Waals surface area contributed by atoms with E-state index in [1.165, 1.54) is 0 Å². The van der Waals surface area contributed by atoms with Crippen LogP contribution in [-0.4, -0.2) is 66.4 Å². The van der Waals surface area contributed by atoms with E-state index in [0.29, 0.717) is 6.54 Å². The first kappa shape index (κ1) is 11.1. The van der Waals surface area contributed by atoms with Gasteiger partial charge in [-0.3, -0.25) is 4.79 Å². The van der Waals surface area contributed by atoms with Crippen LogP contribution in [0, 0.1) is 5.41 Å². The quantitative estimate of drug-likeness (QED) is 0.712. The van der Waals surface area contributed by atoms with Gasteiger partial charge < -0.3 is 15.1 Å². The van der Waals surface area contributed by atoms with E-state index < -0.39 is 17.4 Å². The molecule has 1 amide bonds. The Morgan fingerprint density at radius 2 is 1.94 bits per heavy atom. The highest BCUT2D eigenvalue weighted by molar-refractivity contribution is 5.86. The summed E-state index contributed by atoms with van der Waals surface area (Å²) in [5, 5.41) is 2.92. The minimum Gasteiger partial charge on any atom is -0.333 e. The van der Waals surface area contributed by atoms with E-state index in [9.17, 15) is 13.6 Å². The molecule has 5 aliphatic rings. The van der Waals surface area contributed by atoms with Gasteiger partial charge in [0.15, 0.2) is 0 Å². The Kier molecular flexibility index (Phi) is 1.88. The number of fused-ring (bicyclic) bond motifs is 2. The van der Waals surface area contributed by atoms with Gasteiger partial charge in [0.1, 0.15) is 0 Å². The molecule has 0 aromatic heterocycles. The fraction of sp³-hybridized carbons (Fsp3) is 0.917. The SMILES string of the molecule is CN1CC2CC(C1)N2C(=O)C1NCC12CC2(F)F. The molecule has 1 saturated carbocycles. The topological polar surface area (TPSA) is 35.6 Å². The van der Waals surface area contributed by atoms with Gasteiger partial charge in [-0.1, -0.05) is 0 Å². The summed E-state index contributed by atoms with van der Waals surface area (Å²) in [6.45, 7) is 2.04. The maximum Gasteiger partial charge on any atom is 0.258 e. The van der Waals surface area contributed by atoms with Gasteiger partial charge >= 0.3 is 0 Å². The number of amides is 1. The molecule has 5 rings (SSSR count). The van der Waals surface area contributed by atoms with Gasteiger partial charge in [0.05, 0.1) is 11.5 Å². The first-order valence-electron chi connectivity index (χ1n) is 6.56. The first-order valence-corrected chi connectivity index (χ1v) is 6.56. The van der Waals surface area contributed by atoms with E-state index in [1.54, 1.807) is 0 Å². The summed E-state index contributed by atoms with van der Waals surface area (Å²) in [6.07, 6.45) is 0.915. The Labute approximate surface area is 104 Å². The summed E-state index contributed by atoms with van der Waals surface area (Å²) in [5.74, 6) is -2.72. The zero-order valence-electron chi connectivity index (χ0n) is 10.3. The van der Waals surface area contributed by atoms with Crippen LogP contribution in [0.4, 0.5) is 8.78 Å². The molecule has 1 spiro atoms. The molecule has 4 aliphatic heterocycles. The number of nitrogens with zero attached hydrogens (tertiary/aromatic N) is 2. The van der Waals surface area contributed by atoms with Crippen LogP contribution in [0.5, 0.6) is 0 Å². The summed E-state index contributed by atoms with van der Waals surface area (Å²) >= 11 is 0. The van der Waals surface area contributed by atoms with Gasteiger partial charge in [0.2, 0.25) is 5.91 Å². The number of halogens is 2. The Morgan fingerprint density at radius 3 is 2.39 bits per heavy atom. The van der Waals surface area contributed by atoms with Gasteiger partial charge in [0.25, 0.3) is 5.92 Å². The summed E-state index contributed by atoms with van der Waals surface area (Å²) in [6, 6.07) is -0.151. The van der Waals surface area contributed by atoms with Crippen LogP contribution in [0.15, 0.2) is 0 Å². The third-order valence-corrected chi connectivity index (χ3v) is 5.19. The van der Waals surface area contributed by atoms with Crippen molar-refractivity contribution in [2.45, 2.75) is 36.9 Å². The molecular weight excluding hydrogens is 240 g/mol. The monoisotopic (exact) mass is 257 g/mol. The van der Waals surface area contributed by atoms with E-state index >= 15 is 0 Å². The molecule has 0 radical (unpaired) electrons. The molecule has 5 fully saturated rings. The molecule has 0 aromatic carbocycles. The van der Waals surface area contributed by atoms with Crippen LogP contribution in [0.1, 0.15) is 12.8 Å². The number of carbonyl (C=O) groups excluding carboxylic acids is 1. The normalized spacial score (nSPS) is 48.6. The second kappa shape index (κ2) is 3.04. The zero-order chi connectivity index (χ0) is 12.7. The number of piperidine rings is 1. The maximum atomic E-state index is 13.4. The highest BCUT2D eigenvalue weighted by atomic mass is 19.3. The molecule has 4 saturated heterocycles. The van der Waals surface area contributed by atoms with Crippen molar-refractivity contribution in [3.63, 3.8) is 0 Å². The first-order chi connectivity index (χ1) is 8.45. The molecule has 2 bridgehead atoms. The third-order valence-electron chi connectivity index (χ3n) is 5.19. The molecule has 100 valence electrons. The fourth-order valence-electron chi connectivity index (χ4n) is 3.96. The van der Waals surface area contributed by atoms with Crippen molar-refractivity contribution < 1.29 is 13.6 Å². The predicted molar refractivity (Wildman–Crippen MR) is 60.3 cm³/mol. The Bertz CT molecular complexity index is 418. The minimum atomic E-state index is -2.63. The lowest BCUT2D eigenvalue weighted by Crippen LogP contribution is -2.75. The Morgan fingerprint density at radius 1 is 1.33 bits per heavy atom. The van der Waals surface area contributed by atoms with Gasteiger partial charge in [-0.25, -0.2) is 8.78 Å². The van der Waals surface area contributed by atoms with E-state index in [1.807, 2.05) is 11.9 Å². The largest absolute Gasteiger partial charge is 0.333 e. The number of rotatable bonds is 1. The fourth-order valence-corrected chi connectivity index (χ4v) is 3.96. The lowest BCUT2D eigenvalue weighted by Gasteiger charge is -2.57. The number of nitrogens with one attached hydrogen (secondary N) is 1. The molecule has 18 heavy (non-hydrogen) atoms. The van der Waals surface area contributed by atoms with Crippen molar-refractivity contribution in [1.82, 2.24) is 15.1 Å². The molecule has 1 N–H and O–H groups in total. The van der Waals surface area contributed by atoms with Crippen molar-refractivity contribution in [2.24, 2.45) is 5.41 Å². The third kappa shape index (κ3) is 1.13. The van der Waals surface area contributed by atoms with E-state index in [0.717, 1.165) is 19.5 Å². The average Bonchev–Trinajstić information content (AvgIpc) is 2.82. The van der Waals surface area contributed by atoms with Crippen molar-refractivity contribution in [2.75, 3.05) is 26.7 Å². The number of hydrogen-bond donors (Lipinski definition) is 1. The highest BCUT2D eigenvalue weighted by Crippen LogP contribution is 2.66. The second-order valence-electron chi connectivity index (χ2n) is 6.36. The molecule has 4 heterocycles. The van der Waals surface area contributed by atoms with Crippen LogP contribution in [-0.2, 0) is 4.79 Å². The van der Waals surface area contributed by atoms with Crippen molar-refractivity contribution in [3.05, 3.63) is 0 Å². The smallest absolute Gasteiger partial charge is 0.258 e. The summed E-state index contributed by atoms with van der Waals surface area (Å²) in [4.78, 5) is 16.4. The van der Waals surface area contributed by atoms with Crippen LogP contribution >= 0.6 is 0 Å². The maximum absolute atomic E-state index is 13.4. The van der Waals surface area contributed by atoms with Crippen molar-refractivity contribution in [3.8, 4) is 0 Å². The minimum absolute atomic E-state index is 0.0900. The molecule has 4 atom stereocenters. The van der Waals surface area contributed by atoms with Gasteiger partial charge in [-0.2, -0.15) is 0 Å². The van der Waals surface area contributed by atoms with Gasteiger partial charge in [0, 0.05) is 38.1 Å². The van der Waals surface area contributed by atoms with Crippen LogP contribution in [0.3, 0.4) is 0 Å². The van der Waals surface area contributed by atoms with E-state index in [4.69, 9.17) is 0 Å².